The van der Waals surface area contributed by atoms with Gasteiger partial charge in [0.05, 0.1) is 0 Å². The Balaban J connectivity index is 1.95. The van der Waals surface area contributed by atoms with E-state index in [0.717, 1.165) is 0 Å². The number of nitrogens with zero attached hydrogens (tertiary/aromatic N) is 4. The second-order valence-corrected chi connectivity index (χ2v) is 3.70. The molecule has 8 heteroatoms. The molecular weight excluding hydrogens is 224 g/mol. The molecule has 1 aliphatic heterocycles. The smallest absolute Gasteiger partial charge is 0.316 e. The van der Waals surface area contributed by atoms with E-state index in [1.165, 1.54) is 15.9 Å². The largest absolute Gasteiger partial charge is 0.332 e. The van der Waals surface area contributed by atoms with Crippen molar-refractivity contribution < 1.29 is 9.59 Å². The monoisotopic (exact) mass is 238 g/mol. The second-order valence-electron chi connectivity index (χ2n) is 3.70. The summed E-state index contributed by atoms with van der Waals surface area (Å²) in [6, 6.07) is 0. The van der Waals surface area contributed by atoms with Crippen molar-refractivity contribution in [3.63, 3.8) is 0 Å². The first-order valence-corrected chi connectivity index (χ1v) is 5.33. The van der Waals surface area contributed by atoms with Crippen LogP contribution in [0.25, 0.3) is 0 Å². The van der Waals surface area contributed by atoms with Crippen LogP contribution in [0.5, 0.6) is 0 Å². The third-order valence-corrected chi connectivity index (χ3v) is 2.54. The summed E-state index contributed by atoms with van der Waals surface area (Å²) < 4.78 is 1.39. The molecule has 1 aromatic heterocycles. The van der Waals surface area contributed by atoms with Crippen LogP contribution in [0.3, 0.4) is 0 Å². The number of aryl methyl sites for hydroxylation is 1. The number of carbonyl (C=O) groups excluding carboxylic acids is 2. The molecule has 0 bridgehead atoms. The molecule has 1 saturated heterocycles. The number of anilines is 1. The molecule has 0 aromatic carbocycles. The van der Waals surface area contributed by atoms with E-state index in [2.05, 4.69) is 20.7 Å². The van der Waals surface area contributed by atoms with Gasteiger partial charge in [-0.1, -0.05) is 0 Å². The Labute approximate surface area is 98.0 Å². The molecule has 2 amide bonds. The zero-order chi connectivity index (χ0) is 12.3. The van der Waals surface area contributed by atoms with E-state index >= 15 is 0 Å². The van der Waals surface area contributed by atoms with Gasteiger partial charge in [0.25, 0.3) is 0 Å². The molecule has 92 valence electrons. The van der Waals surface area contributed by atoms with Gasteiger partial charge >= 0.3 is 11.8 Å². The van der Waals surface area contributed by atoms with Gasteiger partial charge in [-0.15, -0.1) is 0 Å². The molecule has 1 fully saturated rings. The van der Waals surface area contributed by atoms with Crippen molar-refractivity contribution in [3.05, 3.63) is 6.33 Å². The Morgan fingerprint density at radius 2 is 2.12 bits per heavy atom. The predicted molar refractivity (Wildman–Crippen MR) is 59.1 cm³/mol. The first-order valence-electron chi connectivity index (χ1n) is 5.33. The Morgan fingerprint density at radius 3 is 2.71 bits per heavy atom. The molecule has 0 aliphatic carbocycles. The summed E-state index contributed by atoms with van der Waals surface area (Å²) in [4.78, 5) is 28.8. The number of carbonyl (C=O) groups is 2. The van der Waals surface area contributed by atoms with Crippen molar-refractivity contribution in [1.29, 1.82) is 0 Å². The van der Waals surface area contributed by atoms with Crippen LogP contribution in [0.4, 0.5) is 5.95 Å². The molecule has 2 heterocycles. The van der Waals surface area contributed by atoms with E-state index in [0.29, 0.717) is 26.2 Å². The summed E-state index contributed by atoms with van der Waals surface area (Å²) >= 11 is 0. The highest BCUT2D eigenvalue weighted by atomic mass is 16.2. The summed E-state index contributed by atoms with van der Waals surface area (Å²) in [7, 11) is 1.64. The lowest BCUT2D eigenvalue weighted by Crippen LogP contribution is -2.50. The van der Waals surface area contributed by atoms with Crippen LogP contribution >= 0.6 is 0 Å². The second kappa shape index (κ2) is 4.91. The molecule has 1 aliphatic rings. The number of hydrogen-bond acceptors (Lipinski definition) is 5. The van der Waals surface area contributed by atoms with Crippen LogP contribution in [-0.2, 0) is 16.6 Å². The maximum absolute atomic E-state index is 11.8. The van der Waals surface area contributed by atoms with Gasteiger partial charge < -0.3 is 10.2 Å². The molecule has 0 saturated carbocycles. The van der Waals surface area contributed by atoms with Crippen molar-refractivity contribution in [2.45, 2.75) is 0 Å². The fourth-order valence-corrected chi connectivity index (χ4v) is 1.58. The first-order chi connectivity index (χ1) is 8.18. The molecule has 0 unspecified atom stereocenters. The molecule has 0 radical (unpaired) electrons. The average molecular weight is 238 g/mol. The first kappa shape index (κ1) is 11.5. The standard InChI is InChI=1S/C9H14N6O2/c1-14-9(11-6-12-14)13-7(16)8(17)15-4-2-10-3-5-15/h6,10H,2-5H2,1H3,(H,11,12,13,16). The Bertz CT molecular complexity index is 423. The maximum atomic E-state index is 11.8. The van der Waals surface area contributed by atoms with Gasteiger partial charge in [-0.05, 0) is 0 Å². The molecule has 17 heavy (non-hydrogen) atoms. The van der Waals surface area contributed by atoms with Crippen LogP contribution in [-0.4, -0.2) is 57.7 Å². The molecule has 2 rings (SSSR count). The summed E-state index contributed by atoms with van der Waals surface area (Å²) in [6.45, 7) is 2.52. The minimum atomic E-state index is -0.678. The molecular formula is C9H14N6O2. The number of hydrogen-bond donors (Lipinski definition) is 2. The van der Waals surface area contributed by atoms with Crippen LogP contribution < -0.4 is 10.6 Å². The molecule has 1 aromatic rings. The molecule has 8 nitrogen and oxygen atoms in total. The summed E-state index contributed by atoms with van der Waals surface area (Å²) in [6.07, 6.45) is 1.31. The van der Waals surface area contributed by atoms with E-state index < -0.39 is 11.8 Å². The summed E-state index contributed by atoms with van der Waals surface area (Å²) in [5.41, 5.74) is 0. The normalized spacial score (nSPS) is 15.7. The van der Waals surface area contributed by atoms with Crippen LogP contribution in [0.1, 0.15) is 0 Å². The highest BCUT2D eigenvalue weighted by molar-refractivity contribution is 6.39. The third kappa shape index (κ3) is 2.59. The Morgan fingerprint density at radius 1 is 1.41 bits per heavy atom. The fraction of sp³-hybridized carbons (Fsp3) is 0.556. The highest BCUT2D eigenvalue weighted by Gasteiger charge is 2.24. The van der Waals surface area contributed by atoms with Crippen molar-refractivity contribution in [2.75, 3.05) is 31.5 Å². The summed E-state index contributed by atoms with van der Waals surface area (Å²) in [5, 5.41) is 9.33. The predicted octanol–water partition coefficient (Wildman–Crippen LogP) is -1.81. The van der Waals surface area contributed by atoms with Gasteiger partial charge in [0.15, 0.2) is 0 Å². The Hall–Kier alpha value is -1.96. The van der Waals surface area contributed by atoms with E-state index in [4.69, 9.17) is 0 Å². The highest BCUT2D eigenvalue weighted by Crippen LogP contribution is 2.00. The van der Waals surface area contributed by atoms with Gasteiger partial charge in [0.2, 0.25) is 5.95 Å². The number of aromatic nitrogens is 3. The molecule has 2 N–H and O–H groups in total. The number of piperazine rings is 1. The van der Waals surface area contributed by atoms with E-state index in [9.17, 15) is 9.59 Å². The van der Waals surface area contributed by atoms with E-state index in [1.54, 1.807) is 7.05 Å². The van der Waals surface area contributed by atoms with E-state index in [-0.39, 0.29) is 5.95 Å². The van der Waals surface area contributed by atoms with Crippen molar-refractivity contribution in [1.82, 2.24) is 25.0 Å². The molecule has 0 spiro atoms. The van der Waals surface area contributed by atoms with Crippen LogP contribution in [0.2, 0.25) is 0 Å². The zero-order valence-corrected chi connectivity index (χ0v) is 9.51. The van der Waals surface area contributed by atoms with Crippen molar-refractivity contribution in [2.24, 2.45) is 7.05 Å². The van der Waals surface area contributed by atoms with Crippen molar-refractivity contribution in [3.8, 4) is 0 Å². The average Bonchev–Trinajstić information content (AvgIpc) is 2.75. The van der Waals surface area contributed by atoms with Crippen LogP contribution in [0.15, 0.2) is 6.33 Å². The summed E-state index contributed by atoms with van der Waals surface area (Å²) in [5.74, 6) is -0.948. The SMILES string of the molecule is Cn1ncnc1NC(=O)C(=O)N1CCNCC1. The molecule has 0 atom stereocenters. The minimum absolute atomic E-state index is 0.262. The van der Waals surface area contributed by atoms with Gasteiger partial charge in [-0.3, -0.25) is 14.9 Å². The lowest BCUT2D eigenvalue weighted by molar-refractivity contribution is -0.143. The lowest BCUT2D eigenvalue weighted by atomic mass is 10.3. The fourth-order valence-electron chi connectivity index (χ4n) is 1.58. The number of nitrogens with one attached hydrogen (secondary N) is 2. The minimum Gasteiger partial charge on any atom is -0.332 e. The quantitative estimate of drug-likeness (QED) is 0.562. The third-order valence-electron chi connectivity index (χ3n) is 2.54. The van der Waals surface area contributed by atoms with Crippen LogP contribution in [0, 0.1) is 0 Å². The van der Waals surface area contributed by atoms with Gasteiger partial charge in [0, 0.05) is 33.2 Å². The number of amides is 2. The van der Waals surface area contributed by atoms with E-state index in [1.807, 2.05) is 0 Å². The van der Waals surface area contributed by atoms with Gasteiger partial charge in [-0.25, -0.2) is 4.68 Å². The lowest BCUT2D eigenvalue weighted by Gasteiger charge is -2.26. The number of rotatable bonds is 1. The van der Waals surface area contributed by atoms with Crippen molar-refractivity contribution >= 4 is 17.8 Å². The maximum Gasteiger partial charge on any atom is 0.316 e. The zero-order valence-electron chi connectivity index (χ0n) is 9.51. The van der Waals surface area contributed by atoms with Gasteiger partial charge in [0.1, 0.15) is 6.33 Å². The topological polar surface area (TPSA) is 92.1 Å². The Kier molecular flexibility index (Phi) is 3.33. The van der Waals surface area contributed by atoms with Gasteiger partial charge in [-0.2, -0.15) is 10.1 Å².